The molecule has 3 rings (SSSR count). The van der Waals surface area contributed by atoms with E-state index < -0.39 is 0 Å². The van der Waals surface area contributed by atoms with Crippen molar-refractivity contribution >= 4 is 6.21 Å². The minimum Gasteiger partial charge on any atom is -0.291 e. The van der Waals surface area contributed by atoms with Gasteiger partial charge in [0.05, 0.1) is 5.70 Å². The van der Waals surface area contributed by atoms with Crippen LogP contribution in [0.3, 0.4) is 0 Å². The van der Waals surface area contributed by atoms with Crippen LogP contribution in [0.25, 0.3) is 0 Å². The topological polar surface area (TPSA) is 56.6 Å². The summed E-state index contributed by atoms with van der Waals surface area (Å²) < 4.78 is 0. The lowest BCUT2D eigenvalue weighted by atomic mass is 10.0. The number of aliphatic imine (C=N–C) groups is 1. The predicted molar refractivity (Wildman–Crippen MR) is 103 cm³/mol. The highest BCUT2D eigenvalue weighted by atomic mass is 16.5. The van der Waals surface area contributed by atoms with Gasteiger partial charge in [0.25, 0.3) is 0 Å². The van der Waals surface area contributed by atoms with Crippen molar-refractivity contribution in [2.45, 2.75) is 58.2 Å². The van der Waals surface area contributed by atoms with Crippen LogP contribution in [0.1, 0.15) is 51.2 Å². The second-order valence-electron chi connectivity index (χ2n) is 7.42. The SMILES string of the molecule is CC=C(NO)/C(C=N[C@]1(NC2(c3cccc(C)c3)CC2)CC1C)=C/C. The summed E-state index contributed by atoms with van der Waals surface area (Å²) in [4.78, 5) is 4.91. The van der Waals surface area contributed by atoms with Crippen LogP contribution in [0.15, 0.2) is 52.7 Å². The molecular weight excluding hydrogens is 310 g/mol. The molecule has 0 aromatic heterocycles. The van der Waals surface area contributed by atoms with E-state index in [0.717, 1.165) is 24.8 Å². The number of rotatable bonds is 7. The van der Waals surface area contributed by atoms with E-state index in [1.807, 2.05) is 32.2 Å². The molecule has 3 N–H and O–H groups in total. The van der Waals surface area contributed by atoms with Gasteiger partial charge in [-0.1, -0.05) is 48.9 Å². The van der Waals surface area contributed by atoms with Gasteiger partial charge in [-0.2, -0.15) is 0 Å². The number of hydrogen-bond donors (Lipinski definition) is 3. The van der Waals surface area contributed by atoms with Crippen molar-refractivity contribution in [1.29, 1.82) is 0 Å². The van der Waals surface area contributed by atoms with Gasteiger partial charge in [-0.05, 0) is 51.5 Å². The van der Waals surface area contributed by atoms with Crippen molar-refractivity contribution in [2.75, 3.05) is 0 Å². The summed E-state index contributed by atoms with van der Waals surface area (Å²) in [5, 5.41) is 13.1. The van der Waals surface area contributed by atoms with Gasteiger partial charge < -0.3 is 0 Å². The normalized spacial score (nSPS) is 28.3. The Labute approximate surface area is 150 Å². The zero-order chi connectivity index (χ0) is 18.1. The number of nitrogens with one attached hydrogen (secondary N) is 2. The Bertz CT molecular complexity index is 730. The van der Waals surface area contributed by atoms with Crippen molar-refractivity contribution in [3.05, 3.63) is 58.8 Å². The Morgan fingerprint density at radius 2 is 2.00 bits per heavy atom. The molecule has 2 atom stereocenters. The molecule has 1 unspecified atom stereocenters. The quantitative estimate of drug-likeness (QED) is 0.396. The second-order valence-corrected chi connectivity index (χ2v) is 7.42. The lowest BCUT2D eigenvalue weighted by molar-refractivity contribution is 0.204. The predicted octanol–water partition coefficient (Wildman–Crippen LogP) is 4.21. The molecule has 0 spiro atoms. The van der Waals surface area contributed by atoms with Gasteiger partial charge in [0.2, 0.25) is 0 Å². The fourth-order valence-corrected chi connectivity index (χ4v) is 3.54. The maximum absolute atomic E-state index is 9.26. The number of aryl methyl sites for hydroxylation is 1. The molecule has 0 bridgehead atoms. The van der Waals surface area contributed by atoms with E-state index in [4.69, 9.17) is 4.99 Å². The van der Waals surface area contributed by atoms with Gasteiger partial charge >= 0.3 is 0 Å². The summed E-state index contributed by atoms with van der Waals surface area (Å²) in [6, 6.07) is 8.80. The first-order valence-electron chi connectivity index (χ1n) is 9.13. The minimum atomic E-state index is -0.192. The van der Waals surface area contributed by atoms with E-state index in [1.54, 1.807) is 0 Å². The molecule has 0 heterocycles. The molecular formula is C21H29N3O. The Hall–Kier alpha value is -1.91. The van der Waals surface area contributed by atoms with Crippen molar-refractivity contribution in [1.82, 2.24) is 10.8 Å². The lowest BCUT2D eigenvalue weighted by Crippen LogP contribution is -2.40. The number of benzene rings is 1. The largest absolute Gasteiger partial charge is 0.291 e. The van der Waals surface area contributed by atoms with Crippen LogP contribution in [-0.4, -0.2) is 17.1 Å². The van der Waals surface area contributed by atoms with Crippen LogP contribution in [-0.2, 0) is 5.54 Å². The fourth-order valence-electron chi connectivity index (χ4n) is 3.54. The summed E-state index contributed by atoms with van der Waals surface area (Å²) in [5.41, 5.74) is 6.37. The molecule has 1 aromatic rings. The standard InChI is InChI=1S/C21H29N3O/c1-5-17(19(6-2)23-25)14-22-21(13-16(21)4)24-20(10-11-20)18-9-7-8-15(3)12-18/h5-9,12,14,16,23-25H,10-11,13H2,1-4H3/b17-5+,19-6?,22-14?/t16?,21-/m0/s1. The smallest absolute Gasteiger partial charge is 0.114 e. The molecule has 25 heavy (non-hydrogen) atoms. The second kappa shape index (κ2) is 6.77. The maximum Gasteiger partial charge on any atom is 0.114 e. The van der Waals surface area contributed by atoms with Gasteiger partial charge in [0.1, 0.15) is 5.66 Å². The molecule has 1 aromatic carbocycles. The zero-order valence-electron chi connectivity index (χ0n) is 15.6. The summed E-state index contributed by atoms with van der Waals surface area (Å²) in [7, 11) is 0. The van der Waals surface area contributed by atoms with E-state index in [-0.39, 0.29) is 11.2 Å². The lowest BCUT2D eigenvalue weighted by Gasteiger charge is -2.24. The molecule has 0 radical (unpaired) electrons. The van der Waals surface area contributed by atoms with Crippen LogP contribution >= 0.6 is 0 Å². The van der Waals surface area contributed by atoms with Crippen molar-refractivity contribution < 1.29 is 5.21 Å². The summed E-state index contributed by atoms with van der Waals surface area (Å²) in [6.45, 7) is 8.23. The Morgan fingerprint density at radius 1 is 1.28 bits per heavy atom. The van der Waals surface area contributed by atoms with Gasteiger partial charge in [0, 0.05) is 17.3 Å². The third-order valence-electron chi connectivity index (χ3n) is 5.51. The van der Waals surface area contributed by atoms with E-state index in [0.29, 0.717) is 11.6 Å². The monoisotopic (exact) mass is 339 g/mol. The van der Waals surface area contributed by atoms with Crippen LogP contribution in [0.2, 0.25) is 0 Å². The number of nitrogens with zero attached hydrogens (tertiary/aromatic N) is 1. The Balaban J connectivity index is 1.80. The molecule has 2 aliphatic rings. The number of allylic oxidation sites excluding steroid dienone is 3. The molecule has 4 heteroatoms. The van der Waals surface area contributed by atoms with Gasteiger partial charge in [-0.3, -0.25) is 21.0 Å². The number of hydrogen-bond acceptors (Lipinski definition) is 4. The van der Waals surface area contributed by atoms with Crippen molar-refractivity contribution in [2.24, 2.45) is 10.9 Å². The minimum absolute atomic E-state index is 0.0723. The maximum atomic E-state index is 9.26. The fraction of sp³-hybridized carbons (Fsp3) is 0.476. The van der Waals surface area contributed by atoms with E-state index in [9.17, 15) is 5.21 Å². The first-order chi connectivity index (χ1) is 12.0. The Kier molecular flexibility index (Phi) is 4.85. The first kappa shape index (κ1) is 17.9. The zero-order valence-corrected chi connectivity index (χ0v) is 15.6. The summed E-state index contributed by atoms with van der Waals surface area (Å²) >= 11 is 0. The average molecular weight is 339 g/mol. The van der Waals surface area contributed by atoms with E-state index >= 15 is 0 Å². The molecule has 0 amide bonds. The first-order valence-corrected chi connectivity index (χ1v) is 9.13. The van der Waals surface area contributed by atoms with E-state index in [2.05, 4.69) is 48.9 Å². The van der Waals surface area contributed by atoms with Crippen molar-refractivity contribution in [3.63, 3.8) is 0 Å². The summed E-state index contributed by atoms with van der Waals surface area (Å²) in [5.74, 6) is 0.514. The van der Waals surface area contributed by atoms with Gasteiger partial charge in [-0.15, -0.1) is 0 Å². The third kappa shape index (κ3) is 3.55. The van der Waals surface area contributed by atoms with Crippen molar-refractivity contribution in [3.8, 4) is 0 Å². The highest BCUT2D eigenvalue weighted by molar-refractivity contribution is 5.84. The highest BCUT2D eigenvalue weighted by Gasteiger charge is 2.58. The molecule has 0 aliphatic heterocycles. The van der Waals surface area contributed by atoms with Gasteiger partial charge in [0.15, 0.2) is 0 Å². The molecule has 0 saturated heterocycles. The van der Waals surface area contributed by atoms with Crippen LogP contribution in [0.4, 0.5) is 0 Å². The molecule has 2 saturated carbocycles. The molecule has 134 valence electrons. The average Bonchev–Trinajstić information content (AvgIpc) is 3.51. The van der Waals surface area contributed by atoms with Crippen LogP contribution in [0.5, 0.6) is 0 Å². The summed E-state index contributed by atoms with van der Waals surface area (Å²) in [6.07, 6.45) is 9.04. The van der Waals surface area contributed by atoms with Crippen LogP contribution in [0, 0.1) is 12.8 Å². The Morgan fingerprint density at radius 3 is 2.48 bits per heavy atom. The highest BCUT2D eigenvalue weighted by Crippen LogP contribution is 2.54. The van der Waals surface area contributed by atoms with Gasteiger partial charge in [-0.25, -0.2) is 0 Å². The molecule has 2 fully saturated rings. The number of hydroxylamine groups is 1. The third-order valence-corrected chi connectivity index (χ3v) is 5.51. The molecule has 4 nitrogen and oxygen atoms in total. The van der Waals surface area contributed by atoms with E-state index in [1.165, 1.54) is 11.1 Å². The molecule has 2 aliphatic carbocycles. The van der Waals surface area contributed by atoms with Crippen LogP contribution < -0.4 is 10.8 Å².